The summed E-state index contributed by atoms with van der Waals surface area (Å²) in [6.45, 7) is 5.37. The number of aliphatic hydroxyl groups is 1. The van der Waals surface area contributed by atoms with Crippen LogP contribution in [0.5, 0.6) is 0 Å². The lowest BCUT2D eigenvalue weighted by Gasteiger charge is -2.33. The van der Waals surface area contributed by atoms with E-state index in [9.17, 15) is 10.1 Å². The van der Waals surface area contributed by atoms with Gasteiger partial charge in [-0.3, -0.25) is 19.9 Å². The highest BCUT2D eigenvalue weighted by molar-refractivity contribution is 5.55. The van der Waals surface area contributed by atoms with Crippen molar-refractivity contribution < 1.29 is 14.4 Å². The molecule has 24 heavy (non-hydrogen) atoms. The standard InChI is InChI=1S/C16H20N4O4/c21-10-9-18-5-7-19(8-6-18)11-14-12-24-16(17-14)13-1-3-15(4-2-13)20(22)23/h1-4,12,21H,5-11H2. The van der Waals surface area contributed by atoms with Gasteiger partial charge < -0.3 is 9.52 Å². The van der Waals surface area contributed by atoms with Crippen LogP contribution in [-0.2, 0) is 6.54 Å². The molecule has 8 heteroatoms. The van der Waals surface area contributed by atoms with Crippen LogP contribution in [0, 0.1) is 10.1 Å². The highest BCUT2D eigenvalue weighted by atomic mass is 16.6. The van der Waals surface area contributed by atoms with Gasteiger partial charge in [-0.25, -0.2) is 4.98 Å². The minimum Gasteiger partial charge on any atom is -0.444 e. The van der Waals surface area contributed by atoms with Crippen LogP contribution in [0.15, 0.2) is 34.9 Å². The van der Waals surface area contributed by atoms with Gasteiger partial charge in [-0.1, -0.05) is 0 Å². The lowest BCUT2D eigenvalue weighted by atomic mass is 10.2. The molecule has 0 aliphatic carbocycles. The van der Waals surface area contributed by atoms with Crippen molar-refractivity contribution in [3.05, 3.63) is 46.3 Å². The number of non-ortho nitro benzene ring substituents is 1. The van der Waals surface area contributed by atoms with E-state index in [4.69, 9.17) is 9.52 Å². The Morgan fingerprint density at radius 2 is 1.83 bits per heavy atom. The minimum absolute atomic E-state index is 0.0475. The largest absolute Gasteiger partial charge is 0.444 e. The zero-order valence-corrected chi connectivity index (χ0v) is 13.3. The molecule has 0 saturated carbocycles. The third kappa shape index (κ3) is 3.97. The van der Waals surface area contributed by atoms with Gasteiger partial charge in [0.15, 0.2) is 0 Å². The number of aliphatic hydroxyl groups excluding tert-OH is 1. The summed E-state index contributed by atoms with van der Waals surface area (Å²) < 4.78 is 5.50. The topological polar surface area (TPSA) is 95.9 Å². The first kappa shape index (κ1) is 16.6. The van der Waals surface area contributed by atoms with E-state index in [-0.39, 0.29) is 12.3 Å². The molecule has 3 rings (SSSR count). The molecule has 1 N–H and O–H groups in total. The lowest BCUT2D eigenvalue weighted by molar-refractivity contribution is -0.384. The Hall–Kier alpha value is -2.29. The quantitative estimate of drug-likeness (QED) is 0.630. The number of hydrogen-bond donors (Lipinski definition) is 1. The Balaban J connectivity index is 1.59. The van der Waals surface area contributed by atoms with Gasteiger partial charge in [0.05, 0.1) is 17.2 Å². The zero-order valence-electron chi connectivity index (χ0n) is 13.3. The van der Waals surface area contributed by atoms with Gasteiger partial charge in [0, 0.05) is 57.0 Å². The number of hydrogen-bond acceptors (Lipinski definition) is 7. The van der Waals surface area contributed by atoms with Crippen molar-refractivity contribution >= 4 is 5.69 Å². The van der Waals surface area contributed by atoms with Gasteiger partial charge in [0.2, 0.25) is 5.89 Å². The third-order valence-corrected chi connectivity index (χ3v) is 4.14. The summed E-state index contributed by atoms with van der Waals surface area (Å²) >= 11 is 0. The average Bonchev–Trinajstić information content (AvgIpc) is 3.05. The van der Waals surface area contributed by atoms with Gasteiger partial charge in [0.25, 0.3) is 5.69 Å². The molecule has 0 spiro atoms. The van der Waals surface area contributed by atoms with Gasteiger partial charge in [-0.15, -0.1) is 0 Å². The van der Waals surface area contributed by atoms with E-state index < -0.39 is 4.92 Å². The fourth-order valence-corrected chi connectivity index (χ4v) is 2.78. The summed E-state index contributed by atoms with van der Waals surface area (Å²) in [6.07, 6.45) is 1.64. The first-order chi connectivity index (χ1) is 11.7. The van der Waals surface area contributed by atoms with Crippen LogP contribution < -0.4 is 0 Å². The molecule has 1 saturated heterocycles. The fourth-order valence-electron chi connectivity index (χ4n) is 2.78. The molecule has 1 aliphatic rings. The maximum Gasteiger partial charge on any atom is 0.269 e. The monoisotopic (exact) mass is 332 g/mol. The Kier molecular flexibility index (Phi) is 5.19. The summed E-state index contributed by atoms with van der Waals surface area (Å²) in [5.41, 5.74) is 1.62. The van der Waals surface area contributed by atoms with Crippen molar-refractivity contribution in [2.75, 3.05) is 39.3 Å². The van der Waals surface area contributed by atoms with Crippen LogP contribution in [0.25, 0.3) is 11.5 Å². The molecule has 2 aromatic rings. The summed E-state index contributed by atoms with van der Waals surface area (Å²) in [5.74, 6) is 0.471. The molecule has 2 heterocycles. The number of nitro benzene ring substituents is 1. The molecule has 1 aliphatic heterocycles. The molecule has 0 unspecified atom stereocenters. The molecular formula is C16H20N4O4. The van der Waals surface area contributed by atoms with Crippen molar-refractivity contribution in [1.82, 2.24) is 14.8 Å². The number of rotatable bonds is 6. The summed E-state index contributed by atoms with van der Waals surface area (Å²) in [4.78, 5) is 19.3. The van der Waals surface area contributed by atoms with E-state index in [2.05, 4.69) is 14.8 Å². The van der Waals surface area contributed by atoms with E-state index in [0.717, 1.165) is 44.0 Å². The zero-order chi connectivity index (χ0) is 16.9. The van der Waals surface area contributed by atoms with E-state index in [1.165, 1.54) is 12.1 Å². The first-order valence-corrected chi connectivity index (χ1v) is 7.90. The van der Waals surface area contributed by atoms with E-state index in [0.29, 0.717) is 12.4 Å². The van der Waals surface area contributed by atoms with E-state index in [1.807, 2.05) is 0 Å². The number of aromatic nitrogens is 1. The van der Waals surface area contributed by atoms with Gasteiger partial charge >= 0.3 is 0 Å². The molecular weight excluding hydrogens is 312 g/mol. The maximum atomic E-state index is 10.7. The van der Waals surface area contributed by atoms with Crippen molar-refractivity contribution in [3.8, 4) is 11.5 Å². The highest BCUT2D eigenvalue weighted by Gasteiger charge is 2.18. The fraction of sp³-hybridized carbons (Fsp3) is 0.438. The Morgan fingerprint density at radius 3 is 2.46 bits per heavy atom. The number of nitro groups is 1. The van der Waals surface area contributed by atoms with Crippen LogP contribution in [0.4, 0.5) is 5.69 Å². The molecule has 0 amide bonds. The Labute approximate surface area is 139 Å². The Bertz CT molecular complexity index is 678. The van der Waals surface area contributed by atoms with Crippen LogP contribution in [0.1, 0.15) is 5.69 Å². The van der Waals surface area contributed by atoms with E-state index in [1.54, 1.807) is 18.4 Å². The molecule has 0 bridgehead atoms. The minimum atomic E-state index is -0.429. The summed E-state index contributed by atoms with van der Waals surface area (Å²) in [7, 11) is 0. The maximum absolute atomic E-state index is 10.7. The van der Waals surface area contributed by atoms with Crippen molar-refractivity contribution in [1.29, 1.82) is 0 Å². The predicted molar refractivity (Wildman–Crippen MR) is 87.4 cm³/mol. The van der Waals surface area contributed by atoms with Crippen molar-refractivity contribution in [2.45, 2.75) is 6.54 Å². The molecule has 1 fully saturated rings. The SMILES string of the molecule is O=[N+]([O-])c1ccc(-c2nc(CN3CCN(CCO)CC3)co2)cc1. The predicted octanol–water partition coefficient (Wildman–Crippen LogP) is 1.36. The smallest absolute Gasteiger partial charge is 0.269 e. The van der Waals surface area contributed by atoms with Crippen LogP contribution in [-0.4, -0.2) is 64.1 Å². The average molecular weight is 332 g/mol. The van der Waals surface area contributed by atoms with E-state index >= 15 is 0 Å². The van der Waals surface area contributed by atoms with Gasteiger partial charge in [-0.05, 0) is 12.1 Å². The normalized spacial score (nSPS) is 16.4. The highest BCUT2D eigenvalue weighted by Crippen LogP contribution is 2.22. The molecule has 0 radical (unpaired) electrons. The third-order valence-electron chi connectivity index (χ3n) is 4.14. The second-order valence-corrected chi connectivity index (χ2v) is 5.79. The number of β-amino-alcohol motifs (C(OH)–C–C–N with tert-alkyl or cyclic N) is 1. The molecule has 1 aromatic carbocycles. The van der Waals surface area contributed by atoms with Crippen molar-refractivity contribution in [3.63, 3.8) is 0 Å². The van der Waals surface area contributed by atoms with Gasteiger partial charge in [-0.2, -0.15) is 0 Å². The number of piperazine rings is 1. The summed E-state index contributed by atoms with van der Waals surface area (Å²) in [5, 5.41) is 19.6. The lowest BCUT2D eigenvalue weighted by Crippen LogP contribution is -2.46. The first-order valence-electron chi connectivity index (χ1n) is 7.90. The molecule has 0 atom stereocenters. The van der Waals surface area contributed by atoms with Crippen LogP contribution >= 0.6 is 0 Å². The number of benzene rings is 1. The second kappa shape index (κ2) is 7.52. The van der Waals surface area contributed by atoms with Gasteiger partial charge in [0.1, 0.15) is 6.26 Å². The number of nitrogens with zero attached hydrogens (tertiary/aromatic N) is 4. The molecule has 1 aromatic heterocycles. The molecule has 128 valence electrons. The van der Waals surface area contributed by atoms with Crippen LogP contribution in [0.3, 0.4) is 0 Å². The van der Waals surface area contributed by atoms with Crippen LogP contribution in [0.2, 0.25) is 0 Å². The van der Waals surface area contributed by atoms with Crippen molar-refractivity contribution in [2.24, 2.45) is 0 Å². The summed E-state index contributed by atoms with van der Waals surface area (Å²) in [6, 6.07) is 6.17. The number of oxazole rings is 1. The molecule has 8 nitrogen and oxygen atoms in total. The second-order valence-electron chi connectivity index (χ2n) is 5.79. The Morgan fingerprint density at radius 1 is 1.17 bits per heavy atom.